The molecule has 0 spiro atoms. The van der Waals surface area contributed by atoms with Crippen LogP contribution < -0.4 is 5.32 Å². The van der Waals surface area contributed by atoms with Crippen LogP contribution in [-0.4, -0.2) is 25.0 Å². The van der Waals surface area contributed by atoms with Crippen LogP contribution in [0.2, 0.25) is 0 Å². The molecule has 0 saturated carbocycles. The molecule has 1 saturated heterocycles. The third kappa shape index (κ3) is 3.18. The molecule has 18 heavy (non-hydrogen) atoms. The second kappa shape index (κ2) is 5.11. The van der Waals surface area contributed by atoms with Crippen LogP contribution in [0.15, 0.2) is 16.6 Å². The number of ether oxygens (including phenoxy) is 2. The molecule has 0 atom stereocenters. The van der Waals surface area contributed by atoms with Crippen LogP contribution in [0.5, 0.6) is 0 Å². The van der Waals surface area contributed by atoms with Gasteiger partial charge in [-0.1, -0.05) is 15.9 Å². The van der Waals surface area contributed by atoms with E-state index in [0.717, 1.165) is 0 Å². The summed E-state index contributed by atoms with van der Waals surface area (Å²) in [6, 6.07) is 2.14. The lowest BCUT2D eigenvalue weighted by atomic mass is 10.2. The Morgan fingerprint density at radius 1 is 1.22 bits per heavy atom. The Labute approximate surface area is 113 Å². The Hall–Kier alpha value is -0.720. The molecule has 0 unspecified atom stereocenters. The molecule has 1 aromatic rings. The van der Waals surface area contributed by atoms with Crippen LogP contribution in [-0.2, 0) is 9.47 Å². The molecule has 1 aliphatic heterocycles. The lowest BCUT2D eigenvalue weighted by Gasteiger charge is -2.35. The lowest BCUT2D eigenvalue weighted by molar-refractivity contribution is -0.247. The van der Waals surface area contributed by atoms with E-state index >= 15 is 0 Å². The molecule has 1 N–H and O–H groups in total. The first kappa shape index (κ1) is 13.7. The molecule has 6 heteroatoms. The van der Waals surface area contributed by atoms with Gasteiger partial charge in [-0.25, -0.2) is 8.78 Å². The second-order valence-electron chi connectivity index (χ2n) is 4.61. The van der Waals surface area contributed by atoms with Gasteiger partial charge in [0, 0.05) is 4.47 Å². The normalized spacial score (nSPS) is 19.8. The van der Waals surface area contributed by atoms with E-state index in [9.17, 15) is 8.78 Å². The highest BCUT2D eigenvalue weighted by atomic mass is 79.9. The fraction of sp³-hybridized carbons (Fsp3) is 0.500. The molecule has 1 aliphatic rings. The standard InChI is InChI=1S/C12H14BrF2NO2/c1-12(2)17-5-8(6-18-12)16-11-9(14)3-7(13)4-10(11)15/h3-4,8,16H,5-6H2,1-2H3. The summed E-state index contributed by atoms with van der Waals surface area (Å²) in [6.45, 7) is 4.26. The first-order valence-electron chi connectivity index (χ1n) is 5.56. The van der Waals surface area contributed by atoms with Crippen molar-refractivity contribution < 1.29 is 18.3 Å². The van der Waals surface area contributed by atoms with Crippen molar-refractivity contribution in [3.63, 3.8) is 0 Å². The summed E-state index contributed by atoms with van der Waals surface area (Å²) in [7, 11) is 0. The Balaban J connectivity index is 2.07. The maximum Gasteiger partial charge on any atom is 0.162 e. The Morgan fingerprint density at radius 2 is 1.72 bits per heavy atom. The molecule has 1 aromatic carbocycles. The van der Waals surface area contributed by atoms with E-state index in [0.29, 0.717) is 17.7 Å². The topological polar surface area (TPSA) is 30.5 Å². The van der Waals surface area contributed by atoms with Gasteiger partial charge in [-0.3, -0.25) is 0 Å². The smallest absolute Gasteiger partial charge is 0.162 e. The maximum absolute atomic E-state index is 13.6. The van der Waals surface area contributed by atoms with Gasteiger partial charge < -0.3 is 14.8 Å². The first-order valence-corrected chi connectivity index (χ1v) is 6.36. The van der Waals surface area contributed by atoms with Gasteiger partial charge in [0.15, 0.2) is 5.79 Å². The fourth-order valence-corrected chi connectivity index (χ4v) is 2.06. The van der Waals surface area contributed by atoms with Crippen molar-refractivity contribution >= 4 is 21.6 Å². The summed E-state index contributed by atoms with van der Waals surface area (Å²) in [5.74, 6) is -1.94. The molecule has 0 bridgehead atoms. The summed E-state index contributed by atoms with van der Waals surface area (Å²) in [5.41, 5.74) is -0.157. The average Bonchev–Trinajstić information content (AvgIpc) is 2.25. The Bertz CT molecular complexity index is 421. The highest BCUT2D eigenvalue weighted by Crippen LogP contribution is 2.26. The van der Waals surface area contributed by atoms with Crippen molar-refractivity contribution in [2.75, 3.05) is 18.5 Å². The molecule has 0 aromatic heterocycles. The first-order chi connectivity index (χ1) is 8.37. The summed E-state index contributed by atoms with van der Waals surface area (Å²) in [5, 5.41) is 2.76. The van der Waals surface area contributed by atoms with Crippen molar-refractivity contribution in [2.24, 2.45) is 0 Å². The zero-order valence-corrected chi connectivity index (χ0v) is 11.7. The average molecular weight is 322 g/mol. The van der Waals surface area contributed by atoms with Crippen molar-refractivity contribution in [1.29, 1.82) is 0 Å². The number of nitrogens with one attached hydrogen (secondary N) is 1. The van der Waals surface area contributed by atoms with Gasteiger partial charge in [0.2, 0.25) is 0 Å². The lowest BCUT2D eigenvalue weighted by Crippen LogP contribution is -2.45. The van der Waals surface area contributed by atoms with E-state index in [4.69, 9.17) is 9.47 Å². The zero-order valence-electron chi connectivity index (χ0n) is 10.1. The highest BCUT2D eigenvalue weighted by Gasteiger charge is 2.29. The second-order valence-corrected chi connectivity index (χ2v) is 5.52. The van der Waals surface area contributed by atoms with E-state index in [1.165, 1.54) is 12.1 Å². The van der Waals surface area contributed by atoms with Gasteiger partial charge in [0.05, 0.1) is 19.3 Å². The van der Waals surface area contributed by atoms with Crippen molar-refractivity contribution in [2.45, 2.75) is 25.7 Å². The van der Waals surface area contributed by atoms with E-state index in [1.807, 2.05) is 0 Å². The molecule has 1 heterocycles. The van der Waals surface area contributed by atoms with Crippen LogP contribution in [0.25, 0.3) is 0 Å². The molecule has 2 rings (SSSR count). The summed E-state index contributed by atoms with van der Waals surface area (Å²) in [4.78, 5) is 0. The predicted molar refractivity (Wildman–Crippen MR) is 67.5 cm³/mol. The molecule has 0 radical (unpaired) electrons. The van der Waals surface area contributed by atoms with Gasteiger partial charge >= 0.3 is 0 Å². The zero-order chi connectivity index (χ0) is 13.3. The van der Waals surface area contributed by atoms with Crippen molar-refractivity contribution in [1.82, 2.24) is 0 Å². The van der Waals surface area contributed by atoms with E-state index in [-0.39, 0.29) is 11.7 Å². The van der Waals surface area contributed by atoms with Gasteiger partial charge in [0.25, 0.3) is 0 Å². The summed E-state index contributed by atoms with van der Waals surface area (Å²) >= 11 is 3.03. The van der Waals surface area contributed by atoms with E-state index < -0.39 is 17.4 Å². The molecule has 100 valence electrons. The molecular formula is C12H14BrF2NO2. The SMILES string of the molecule is CC1(C)OCC(Nc2c(F)cc(Br)cc2F)CO1. The molecule has 3 nitrogen and oxygen atoms in total. The summed E-state index contributed by atoms with van der Waals surface area (Å²) in [6.07, 6.45) is 0. The fourth-order valence-electron chi connectivity index (χ4n) is 1.66. The number of hydrogen-bond acceptors (Lipinski definition) is 3. The highest BCUT2D eigenvalue weighted by molar-refractivity contribution is 9.10. The minimum atomic E-state index is -0.647. The number of benzene rings is 1. The number of hydrogen-bond donors (Lipinski definition) is 1. The maximum atomic E-state index is 13.6. The third-order valence-electron chi connectivity index (χ3n) is 2.62. The van der Waals surface area contributed by atoms with Crippen LogP contribution in [0, 0.1) is 11.6 Å². The molecule has 1 fully saturated rings. The van der Waals surface area contributed by atoms with Gasteiger partial charge in [-0.15, -0.1) is 0 Å². The number of anilines is 1. The molecule has 0 aliphatic carbocycles. The Morgan fingerprint density at radius 3 is 2.22 bits per heavy atom. The van der Waals surface area contributed by atoms with Crippen LogP contribution in [0.4, 0.5) is 14.5 Å². The Kier molecular flexibility index (Phi) is 3.89. The van der Waals surface area contributed by atoms with E-state index in [1.54, 1.807) is 13.8 Å². The van der Waals surface area contributed by atoms with Crippen molar-refractivity contribution in [3.05, 3.63) is 28.2 Å². The monoisotopic (exact) mass is 321 g/mol. The van der Waals surface area contributed by atoms with Crippen LogP contribution in [0.1, 0.15) is 13.8 Å². The number of halogens is 3. The largest absolute Gasteiger partial charge is 0.373 e. The number of rotatable bonds is 2. The molecular weight excluding hydrogens is 308 g/mol. The summed E-state index contributed by atoms with van der Waals surface area (Å²) < 4.78 is 38.4. The minimum absolute atomic E-state index is 0.157. The van der Waals surface area contributed by atoms with Gasteiger partial charge in [0.1, 0.15) is 17.3 Å². The van der Waals surface area contributed by atoms with Gasteiger partial charge in [-0.2, -0.15) is 0 Å². The van der Waals surface area contributed by atoms with Crippen LogP contribution >= 0.6 is 15.9 Å². The molecule has 0 amide bonds. The predicted octanol–water partition coefficient (Wildman–Crippen LogP) is 3.29. The van der Waals surface area contributed by atoms with Gasteiger partial charge in [-0.05, 0) is 26.0 Å². The van der Waals surface area contributed by atoms with E-state index in [2.05, 4.69) is 21.2 Å². The quantitative estimate of drug-likeness (QED) is 0.906. The van der Waals surface area contributed by atoms with Crippen molar-refractivity contribution in [3.8, 4) is 0 Å². The third-order valence-corrected chi connectivity index (χ3v) is 3.08. The van der Waals surface area contributed by atoms with Crippen LogP contribution in [0.3, 0.4) is 0 Å². The minimum Gasteiger partial charge on any atom is -0.373 e.